The fourth-order valence-corrected chi connectivity index (χ4v) is 7.38. The van der Waals surface area contributed by atoms with E-state index in [1.54, 1.807) is 11.0 Å². The van der Waals surface area contributed by atoms with Crippen molar-refractivity contribution in [1.82, 2.24) is 19.8 Å². The summed E-state index contributed by atoms with van der Waals surface area (Å²) >= 11 is 6.52. The van der Waals surface area contributed by atoms with Crippen LogP contribution in [0.4, 0.5) is 15.9 Å². The van der Waals surface area contributed by atoms with E-state index in [0.717, 1.165) is 47.5 Å². The average molecular weight is 644 g/mol. The summed E-state index contributed by atoms with van der Waals surface area (Å²) in [6.07, 6.45) is 6.80. The molecule has 3 aromatic rings. The van der Waals surface area contributed by atoms with Gasteiger partial charge in [0.25, 0.3) is 0 Å². The van der Waals surface area contributed by atoms with E-state index in [1.807, 2.05) is 18.2 Å². The number of benzene rings is 2. The van der Waals surface area contributed by atoms with Crippen LogP contribution < -0.4 is 14.5 Å². The molecule has 1 atom stereocenters. The molecule has 46 heavy (non-hydrogen) atoms. The molecule has 2 aromatic carbocycles. The van der Waals surface area contributed by atoms with Crippen LogP contribution in [0.2, 0.25) is 5.02 Å². The molecule has 0 unspecified atom stereocenters. The van der Waals surface area contributed by atoms with Crippen molar-refractivity contribution in [2.45, 2.75) is 50.7 Å². The molecule has 0 spiro atoms. The number of anilines is 2. The number of fused-ring (bicyclic) bond motifs is 2. The number of hydrogen-bond acceptors (Lipinski definition) is 7. The number of amides is 1. The number of halogens is 2. The first kappa shape index (κ1) is 30.7. The molecular formula is C35H39ClFN7O2. The van der Waals surface area contributed by atoms with Crippen molar-refractivity contribution in [2.75, 3.05) is 62.7 Å². The predicted molar refractivity (Wildman–Crippen MR) is 178 cm³/mol. The van der Waals surface area contributed by atoms with Crippen molar-refractivity contribution in [3.8, 4) is 6.01 Å². The summed E-state index contributed by atoms with van der Waals surface area (Å²) in [5, 5.41) is 1.69. The molecule has 2 aliphatic heterocycles. The molecule has 0 radical (unpaired) electrons. The SMILES string of the molecule is [C-]#[N+]C[C@H]1CN(c2nc(OCC3(CN(C)C4CC4)CC3)nc3c2CCN(c2cccc4ccc(F)c(Cl)c24)C3)CCN1C(=O)C=C. The zero-order chi connectivity index (χ0) is 32.0. The van der Waals surface area contributed by atoms with Gasteiger partial charge in [-0.3, -0.25) is 4.79 Å². The summed E-state index contributed by atoms with van der Waals surface area (Å²) in [4.78, 5) is 34.8. The van der Waals surface area contributed by atoms with E-state index in [9.17, 15) is 9.18 Å². The fraction of sp³-hybridized carbons (Fsp3) is 0.486. The predicted octanol–water partition coefficient (Wildman–Crippen LogP) is 5.36. The molecule has 11 heteroatoms. The lowest BCUT2D eigenvalue weighted by atomic mass is 10.0. The minimum Gasteiger partial charge on any atom is -0.463 e. The van der Waals surface area contributed by atoms with E-state index < -0.39 is 5.82 Å². The average Bonchev–Trinajstić information content (AvgIpc) is 4.01. The van der Waals surface area contributed by atoms with E-state index in [-0.39, 0.29) is 28.9 Å². The number of carbonyl (C=O) groups is 1. The molecule has 2 saturated carbocycles. The highest BCUT2D eigenvalue weighted by Crippen LogP contribution is 2.48. The number of hydrogen-bond donors (Lipinski definition) is 0. The maximum atomic E-state index is 14.6. The summed E-state index contributed by atoms with van der Waals surface area (Å²) in [5.41, 5.74) is 2.90. The molecule has 3 fully saturated rings. The highest BCUT2D eigenvalue weighted by molar-refractivity contribution is 6.36. The number of carbonyl (C=O) groups excluding carboxylic acids is 1. The van der Waals surface area contributed by atoms with Crippen molar-refractivity contribution >= 4 is 39.8 Å². The minimum atomic E-state index is -0.441. The zero-order valence-corrected chi connectivity index (χ0v) is 27.0. The van der Waals surface area contributed by atoms with Crippen molar-refractivity contribution < 1.29 is 13.9 Å². The molecule has 9 nitrogen and oxygen atoms in total. The summed E-state index contributed by atoms with van der Waals surface area (Å²) < 4.78 is 21.0. The minimum absolute atomic E-state index is 0.120. The van der Waals surface area contributed by atoms with Crippen LogP contribution >= 0.6 is 11.6 Å². The van der Waals surface area contributed by atoms with Gasteiger partial charge >= 0.3 is 6.01 Å². The first-order valence-electron chi connectivity index (χ1n) is 16.1. The Bertz CT molecular complexity index is 1720. The van der Waals surface area contributed by atoms with Crippen LogP contribution in [0.25, 0.3) is 15.6 Å². The van der Waals surface area contributed by atoms with Crippen LogP contribution in [0, 0.1) is 17.8 Å². The van der Waals surface area contributed by atoms with Gasteiger partial charge in [-0.15, -0.1) is 0 Å². The third-order valence-corrected chi connectivity index (χ3v) is 10.4. The Hall–Kier alpha value is -3.94. The van der Waals surface area contributed by atoms with Crippen LogP contribution in [0.15, 0.2) is 43.0 Å². The molecule has 7 rings (SSSR count). The lowest BCUT2D eigenvalue weighted by molar-refractivity contribution is -0.128. The fourth-order valence-electron chi connectivity index (χ4n) is 7.11. The van der Waals surface area contributed by atoms with Gasteiger partial charge in [-0.2, -0.15) is 9.97 Å². The van der Waals surface area contributed by atoms with Gasteiger partial charge in [0.15, 0.2) is 0 Å². The number of piperazine rings is 1. The van der Waals surface area contributed by atoms with Crippen LogP contribution in [0.5, 0.6) is 6.01 Å². The summed E-state index contributed by atoms with van der Waals surface area (Å²) in [6.45, 7) is 15.7. The highest BCUT2D eigenvalue weighted by atomic mass is 35.5. The standard InChI is InChI=1S/C35H39ClFN7O2/c1-4-30(45)44-17-16-43(19-25(44)18-38-2)33-26-12-15-42(29-7-5-6-23-8-11-27(37)32(36)31(23)29)20-28(26)39-34(40-33)46-22-35(13-14-35)21-41(3)24-9-10-24/h4-8,11,24-25H,1,9-10,12-22H2,3H3/t25-/m0/s1. The normalized spacial score (nSPS) is 20.4. The van der Waals surface area contributed by atoms with Gasteiger partial charge in [0.1, 0.15) is 17.7 Å². The number of aromatic nitrogens is 2. The Labute approximate surface area is 274 Å². The molecule has 3 heterocycles. The molecule has 2 aliphatic carbocycles. The monoisotopic (exact) mass is 643 g/mol. The molecule has 4 aliphatic rings. The van der Waals surface area contributed by atoms with Crippen molar-refractivity contribution in [2.24, 2.45) is 5.41 Å². The molecular weight excluding hydrogens is 605 g/mol. The van der Waals surface area contributed by atoms with Gasteiger partial charge in [0.2, 0.25) is 12.5 Å². The second-order valence-electron chi connectivity index (χ2n) is 13.3. The first-order valence-corrected chi connectivity index (χ1v) is 16.5. The lowest BCUT2D eigenvalue weighted by Crippen LogP contribution is -2.56. The number of nitrogens with zero attached hydrogens (tertiary/aromatic N) is 7. The second kappa shape index (κ2) is 12.3. The van der Waals surface area contributed by atoms with Crippen molar-refractivity contribution in [3.63, 3.8) is 0 Å². The molecule has 240 valence electrons. The quantitative estimate of drug-likeness (QED) is 0.218. The van der Waals surface area contributed by atoms with Gasteiger partial charge in [-0.1, -0.05) is 36.4 Å². The van der Waals surface area contributed by atoms with Crippen LogP contribution in [0.1, 0.15) is 36.9 Å². The first-order chi connectivity index (χ1) is 22.3. The van der Waals surface area contributed by atoms with Gasteiger partial charge in [0.05, 0.1) is 23.9 Å². The smallest absolute Gasteiger partial charge is 0.318 e. The molecule has 0 bridgehead atoms. The van der Waals surface area contributed by atoms with Crippen molar-refractivity contribution in [1.29, 1.82) is 0 Å². The van der Waals surface area contributed by atoms with Crippen LogP contribution in [-0.2, 0) is 17.8 Å². The van der Waals surface area contributed by atoms with E-state index >= 15 is 0 Å². The number of ether oxygens (including phenoxy) is 1. The molecule has 1 saturated heterocycles. The van der Waals surface area contributed by atoms with Gasteiger partial charge in [-0.25, -0.2) is 11.0 Å². The van der Waals surface area contributed by atoms with Gasteiger partial charge in [0, 0.05) is 60.8 Å². The third-order valence-electron chi connectivity index (χ3n) is 10.0. The maximum Gasteiger partial charge on any atom is 0.318 e. The Morgan fingerprint density at radius 1 is 1.22 bits per heavy atom. The molecule has 1 amide bonds. The Morgan fingerprint density at radius 3 is 2.78 bits per heavy atom. The largest absolute Gasteiger partial charge is 0.463 e. The topological polar surface area (TPSA) is 69.4 Å². The Morgan fingerprint density at radius 2 is 2.04 bits per heavy atom. The van der Waals surface area contributed by atoms with Gasteiger partial charge in [-0.05, 0) is 62.7 Å². The maximum absolute atomic E-state index is 14.6. The summed E-state index contributed by atoms with van der Waals surface area (Å²) in [7, 11) is 2.21. The third kappa shape index (κ3) is 5.98. The zero-order valence-electron chi connectivity index (χ0n) is 26.2. The lowest BCUT2D eigenvalue weighted by Gasteiger charge is -2.41. The Kier molecular flexibility index (Phi) is 8.24. The summed E-state index contributed by atoms with van der Waals surface area (Å²) in [6, 6.07) is 9.83. The molecule has 0 N–H and O–H groups in total. The summed E-state index contributed by atoms with van der Waals surface area (Å²) in [5.74, 6) is 0.208. The van der Waals surface area contributed by atoms with E-state index in [0.29, 0.717) is 63.2 Å². The molecule has 1 aromatic heterocycles. The van der Waals surface area contributed by atoms with Crippen LogP contribution in [-0.4, -0.2) is 90.7 Å². The van der Waals surface area contributed by atoms with E-state index in [2.05, 4.69) is 33.2 Å². The van der Waals surface area contributed by atoms with E-state index in [1.165, 1.54) is 25.0 Å². The van der Waals surface area contributed by atoms with Gasteiger partial charge < -0.3 is 29.2 Å². The van der Waals surface area contributed by atoms with E-state index in [4.69, 9.17) is 32.9 Å². The van der Waals surface area contributed by atoms with Crippen molar-refractivity contribution in [3.05, 3.63) is 76.5 Å². The number of rotatable bonds is 10. The second-order valence-corrected chi connectivity index (χ2v) is 13.7. The van der Waals surface area contributed by atoms with Crippen LogP contribution in [0.3, 0.4) is 0 Å². The highest BCUT2D eigenvalue weighted by Gasteiger charge is 2.46. The Balaban J connectivity index is 1.21.